The molecule has 5 nitrogen and oxygen atoms in total. The van der Waals surface area contributed by atoms with Gasteiger partial charge in [-0.25, -0.2) is 9.18 Å². The molecule has 1 aromatic heterocycles. The lowest BCUT2D eigenvalue weighted by Gasteiger charge is -2.36. The molecule has 8 heteroatoms. The highest BCUT2D eigenvalue weighted by Gasteiger charge is 2.35. The first-order chi connectivity index (χ1) is 15.2. The van der Waals surface area contributed by atoms with Gasteiger partial charge in [-0.2, -0.15) is 0 Å². The van der Waals surface area contributed by atoms with Crippen LogP contribution >= 0.6 is 23.6 Å². The van der Waals surface area contributed by atoms with E-state index in [1.54, 1.807) is 13.0 Å². The summed E-state index contributed by atoms with van der Waals surface area (Å²) in [7, 11) is 0. The molecule has 0 bridgehead atoms. The molecule has 1 aromatic carbocycles. The standard InChI is InChI=1S/C24H29FN2O3S2/c1-5-24(3,4)14-11-12-16-18(13-14)32-21(19(16)22(29)30-6-2)27-23(31)26-20(28)15-9-7-8-10-17(15)25/h7-10,14H,5-6,11-13H2,1-4H3,(H2,26,27,28,31)/t14-/m0/s1. The van der Waals surface area contributed by atoms with Crippen LogP contribution in [0.15, 0.2) is 24.3 Å². The second-order valence-corrected chi connectivity index (χ2v) is 10.1. The van der Waals surface area contributed by atoms with Crippen LogP contribution in [0.4, 0.5) is 9.39 Å². The number of esters is 1. The molecule has 1 aliphatic carbocycles. The van der Waals surface area contributed by atoms with E-state index in [-0.39, 0.29) is 22.7 Å². The molecule has 1 amide bonds. The Labute approximate surface area is 197 Å². The smallest absolute Gasteiger partial charge is 0.341 e. The summed E-state index contributed by atoms with van der Waals surface area (Å²) in [5, 5.41) is 6.06. The number of hydrogen-bond donors (Lipinski definition) is 2. The number of nitrogens with one attached hydrogen (secondary N) is 2. The van der Waals surface area contributed by atoms with E-state index in [1.807, 2.05) is 0 Å². The SMILES string of the molecule is CCOC(=O)c1c(NC(=S)NC(=O)c2ccccc2F)sc2c1CC[C@H](C(C)(C)CC)C2. The average molecular weight is 477 g/mol. The summed E-state index contributed by atoms with van der Waals surface area (Å²) in [6.45, 7) is 8.81. The maximum atomic E-state index is 13.9. The van der Waals surface area contributed by atoms with Gasteiger partial charge < -0.3 is 10.1 Å². The first kappa shape index (κ1) is 24.3. The normalized spacial score (nSPS) is 15.6. The van der Waals surface area contributed by atoms with Crippen LogP contribution in [-0.2, 0) is 17.6 Å². The van der Waals surface area contributed by atoms with E-state index < -0.39 is 17.7 Å². The molecule has 1 atom stereocenters. The Morgan fingerprint density at radius 3 is 2.66 bits per heavy atom. The molecule has 1 heterocycles. The van der Waals surface area contributed by atoms with Crippen LogP contribution in [0.5, 0.6) is 0 Å². The molecule has 2 aromatic rings. The van der Waals surface area contributed by atoms with Crippen LogP contribution in [0.1, 0.15) is 71.7 Å². The van der Waals surface area contributed by atoms with Gasteiger partial charge in [-0.1, -0.05) is 39.3 Å². The molecule has 3 rings (SSSR count). The fourth-order valence-electron chi connectivity index (χ4n) is 4.00. The molecule has 0 saturated heterocycles. The Morgan fingerprint density at radius 1 is 1.28 bits per heavy atom. The molecule has 0 saturated carbocycles. The van der Waals surface area contributed by atoms with Crippen molar-refractivity contribution >= 4 is 45.5 Å². The lowest BCUT2D eigenvalue weighted by atomic mass is 9.69. The van der Waals surface area contributed by atoms with Gasteiger partial charge in [0, 0.05) is 4.88 Å². The molecule has 172 valence electrons. The molecular formula is C24H29FN2O3S2. The van der Waals surface area contributed by atoms with E-state index in [1.165, 1.54) is 29.5 Å². The first-order valence-electron chi connectivity index (χ1n) is 10.9. The van der Waals surface area contributed by atoms with Gasteiger partial charge in [0.2, 0.25) is 0 Å². The number of thiophene rings is 1. The van der Waals surface area contributed by atoms with Gasteiger partial charge in [0.25, 0.3) is 5.91 Å². The Bertz CT molecular complexity index is 1030. The lowest BCUT2D eigenvalue weighted by molar-refractivity contribution is 0.0526. The highest BCUT2D eigenvalue weighted by atomic mass is 32.1. The van der Waals surface area contributed by atoms with Gasteiger partial charge in [-0.15, -0.1) is 11.3 Å². The van der Waals surface area contributed by atoms with Gasteiger partial charge >= 0.3 is 5.97 Å². The number of benzene rings is 1. The van der Waals surface area contributed by atoms with E-state index in [2.05, 4.69) is 31.4 Å². The Hall–Kier alpha value is -2.32. The van der Waals surface area contributed by atoms with Crippen molar-refractivity contribution in [3.63, 3.8) is 0 Å². The van der Waals surface area contributed by atoms with Crippen molar-refractivity contribution in [1.29, 1.82) is 0 Å². The number of ether oxygens (including phenoxy) is 1. The van der Waals surface area contributed by atoms with Crippen LogP contribution in [0, 0.1) is 17.2 Å². The number of halogens is 1. The molecule has 0 radical (unpaired) electrons. The number of hydrogen-bond acceptors (Lipinski definition) is 5. The topological polar surface area (TPSA) is 67.4 Å². The molecule has 0 unspecified atom stereocenters. The Kier molecular flexibility index (Phi) is 7.67. The number of thiocarbonyl (C=S) groups is 1. The molecule has 0 spiro atoms. The fraction of sp³-hybridized carbons (Fsp3) is 0.458. The van der Waals surface area contributed by atoms with Crippen molar-refractivity contribution in [2.75, 3.05) is 11.9 Å². The summed E-state index contributed by atoms with van der Waals surface area (Å²) in [6.07, 6.45) is 3.78. The zero-order valence-corrected chi connectivity index (χ0v) is 20.5. The quantitative estimate of drug-likeness (QED) is 0.412. The summed E-state index contributed by atoms with van der Waals surface area (Å²) in [4.78, 5) is 26.3. The molecular weight excluding hydrogens is 447 g/mol. The minimum atomic E-state index is -0.649. The van der Waals surface area contributed by atoms with Crippen LogP contribution in [0.3, 0.4) is 0 Å². The van der Waals surface area contributed by atoms with Crippen molar-refractivity contribution in [3.8, 4) is 0 Å². The van der Waals surface area contributed by atoms with Crippen molar-refractivity contribution in [2.24, 2.45) is 11.3 Å². The number of carbonyl (C=O) groups is 2. The number of carbonyl (C=O) groups excluding carboxylic acids is 2. The second-order valence-electron chi connectivity index (χ2n) is 8.60. The highest BCUT2D eigenvalue weighted by Crippen LogP contribution is 2.45. The van der Waals surface area contributed by atoms with Crippen molar-refractivity contribution in [1.82, 2.24) is 5.32 Å². The minimum absolute atomic E-state index is 0.00726. The van der Waals surface area contributed by atoms with E-state index in [4.69, 9.17) is 17.0 Å². The molecule has 0 fully saturated rings. The summed E-state index contributed by atoms with van der Waals surface area (Å²) >= 11 is 6.77. The minimum Gasteiger partial charge on any atom is -0.462 e. The molecule has 32 heavy (non-hydrogen) atoms. The maximum Gasteiger partial charge on any atom is 0.341 e. The third kappa shape index (κ3) is 5.18. The van der Waals surface area contributed by atoms with Crippen LogP contribution in [0.2, 0.25) is 0 Å². The number of anilines is 1. The Morgan fingerprint density at radius 2 is 2.00 bits per heavy atom. The summed E-state index contributed by atoms with van der Waals surface area (Å²) in [5.41, 5.74) is 1.60. The van der Waals surface area contributed by atoms with E-state index in [9.17, 15) is 14.0 Å². The average Bonchev–Trinajstić information content (AvgIpc) is 3.10. The van der Waals surface area contributed by atoms with Gasteiger partial charge in [-0.3, -0.25) is 10.1 Å². The summed E-state index contributed by atoms with van der Waals surface area (Å²) < 4.78 is 19.2. The second kappa shape index (κ2) is 10.1. The monoisotopic (exact) mass is 476 g/mol. The van der Waals surface area contributed by atoms with Crippen LogP contribution in [-0.4, -0.2) is 23.6 Å². The molecule has 0 aliphatic heterocycles. The van der Waals surface area contributed by atoms with Crippen LogP contribution < -0.4 is 10.6 Å². The Balaban J connectivity index is 1.84. The van der Waals surface area contributed by atoms with Gasteiger partial charge in [0.15, 0.2) is 5.11 Å². The van der Waals surface area contributed by atoms with E-state index >= 15 is 0 Å². The first-order valence-corrected chi connectivity index (χ1v) is 12.1. The fourth-order valence-corrected chi connectivity index (χ4v) is 5.58. The maximum absolute atomic E-state index is 13.9. The number of amides is 1. The summed E-state index contributed by atoms with van der Waals surface area (Å²) in [6, 6.07) is 5.69. The molecule has 2 N–H and O–H groups in total. The zero-order chi connectivity index (χ0) is 23.5. The predicted molar refractivity (Wildman–Crippen MR) is 130 cm³/mol. The zero-order valence-electron chi connectivity index (χ0n) is 18.8. The van der Waals surface area contributed by atoms with Gasteiger partial charge in [-0.05, 0) is 67.4 Å². The predicted octanol–water partition coefficient (Wildman–Crippen LogP) is 5.73. The number of fused-ring (bicyclic) bond motifs is 1. The third-order valence-electron chi connectivity index (χ3n) is 6.33. The van der Waals surface area contributed by atoms with Crippen molar-refractivity contribution in [2.45, 2.75) is 53.4 Å². The van der Waals surface area contributed by atoms with Crippen molar-refractivity contribution < 1.29 is 18.7 Å². The third-order valence-corrected chi connectivity index (χ3v) is 7.71. The lowest BCUT2D eigenvalue weighted by Crippen LogP contribution is -2.34. The van der Waals surface area contributed by atoms with E-state index in [0.29, 0.717) is 16.5 Å². The van der Waals surface area contributed by atoms with Gasteiger partial charge in [0.1, 0.15) is 10.8 Å². The van der Waals surface area contributed by atoms with E-state index in [0.717, 1.165) is 36.1 Å². The van der Waals surface area contributed by atoms with Gasteiger partial charge in [0.05, 0.1) is 17.7 Å². The summed E-state index contributed by atoms with van der Waals surface area (Å²) in [5.74, 6) is -1.15. The molecule has 1 aliphatic rings. The van der Waals surface area contributed by atoms with Crippen molar-refractivity contribution in [3.05, 3.63) is 51.7 Å². The number of rotatable bonds is 6. The largest absolute Gasteiger partial charge is 0.462 e. The van der Waals surface area contributed by atoms with Crippen LogP contribution in [0.25, 0.3) is 0 Å². The highest BCUT2D eigenvalue weighted by molar-refractivity contribution is 7.80.